The second kappa shape index (κ2) is 7.04. The van der Waals surface area contributed by atoms with Gasteiger partial charge in [0.05, 0.1) is 18.3 Å². The molecule has 0 fully saturated rings. The molecule has 0 saturated carbocycles. The fourth-order valence-electron chi connectivity index (χ4n) is 2.14. The van der Waals surface area contributed by atoms with Crippen molar-refractivity contribution in [1.29, 1.82) is 0 Å². The van der Waals surface area contributed by atoms with Crippen LogP contribution in [0.4, 0.5) is 5.69 Å². The van der Waals surface area contributed by atoms with E-state index >= 15 is 0 Å². The highest BCUT2D eigenvalue weighted by Crippen LogP contribution is 2.14. The smallest absolute Gasteiger partial charge is 0.241 e. The predicted octanol–water partition coefficient (Wildman–Crippen LogP) is 3.16. The molecule has 0 bridgehead atoms. The highest BCUT2D eigenvalue weighted by Gasteiger charge is 2.17. The molecule has 2 N–H and O–H groups in total. The molecule has 1 aromatic heterocycles. The van der Waals surface area contributed by atoms with E-state index in [1.807, 2.05) is 19.1 Å². The fourth-order valence-corrected chi connectivity index (χ4v) is 2.14. The van der Waals surface area contributed by atoms with Crippen LogP contribution in [-0.2, 0) is 4.79 Å². The lowest BCUT2D eigenvalue weighted by atomic mass is 10.1. The van der Waals surface area contributed by atoms with Crippen LogP contribution in [0.5, 0.6) is 0 Å². The molecule has 1 amide bonds. The second-order valence-corrected chi connectivity index (χ2v) is 5.25. The molecule has 0 unspecified atom stereocenters. The molecular formula is C17H20N2O3. The van der Waals surface area contributed by atoms with Crippen molar-refractivity contribution in [3.8, 4) is 0 Å². The van der Waals surface area contributed by atoms with Crippen molar-refractivity contribution in [2.45, 2.75) is 32.9 Å². The molecule has 1 heterocycles. The monoisotopic (exact) mass is 300 g/mol. The molecular weight excluding hydrogens is 280 g/mol. The van der Waals surface area contributed by atoms with E-state index in [2.05, 4.69) is 10.6 Å². The van der Waals surface area contributed by atoms with Crippen molar-refractivity contribution >= 4 is 17.4 Å². The number of nitrogens with one attached hydrogen (secondary N) is 2. The average molecular weight is 300 g/mol. The Hall–Kier alpha value is -2.40. The van der Waals surface area contributed by atoms with Crippen LogP contribution in [0, 0.1) is 0 Å². The van der Waals surface area contributed by atoms with Gasteiger partial charge < -0.3 is 9.73 Å². The summed E-state index contributed by atoms with van der Waals surface area (Å²) in [7, 11) is 0. The third kappa shape index (κ3) is 4.05. The third-order valence-corrected chi connectivity index (χ3v) is 3.40. The Labute approximate surface area is 129 Å². The minimum absolute atomic E-state index is 0.0336. The first kappa shape index (κ1) is 16.0. The summed E-state index contributed by atoms with van der Waals surface area (Å²) >= 11 is 0. The summed E-state index contributed by atoms with van der Waals surface area (Å²) in [5.74, 6) is 0.575. The van der Waals surface area contributed by atoms with E-state index in [1.54, 1.807) is 37.5 Å². The zero-order valence-corrected chi connectivity index (χ0v) is 12.9. The van der Waals surface area contributed by atoms with Gasteiger partial charge in [-0.05, 0) is 45.0 Å². The first-order valence-electron chi connectivity index (χ1n) is 7.18. The SMILES string of the molecule is CC(=O)c1cccc(NC(=O)[C@@H](C)N[C@H](C)c2ccco2)c1. The Morgan fingerprint density at radius 3 is 2.55 bits per heavy atom. The summed E-state index contributed by atoms with van der Waals surface area (Å²) in [6, 6.07) is 10.1. The van der Waals surface area contributed by atoms with Crippen LogP contribution in [0.3, 0.4) is 0 Å². The number of amides is 1. The number of anilines is 1. The van der Waals surface area contributed by atoms with Gasteiger partial charge in [-0.15, -0.1) is 0 Å². The van der Waals surface area contributed by atoms with Crippen molar-refractivity contribution in [3.05, 3.63) is 54.0 Å². The van der Waals surface area contributed by atoms with Crippen LogP contribution in [0.1, 0.15) is 42.9 Å². The lowest BCUT2D eigenvalue weighted by Crippen LogP contribution is -2.39. The van der Waals surface area contributed by atoms with Crippen LogP contribution >= 0.6 is 0 Å². The third-order valence-electron chi connectivity index (χ3n) is 3.40. The van der Waals surface area contributed by atoms with Crippen LogP contribution in [0.25, 0.3) is 0 Å². The molecule has 5 heteroatoms. The first-order valence-corrected chi connectivity index (χ1v) is 7.18. The average Bonchev–Trinajstić information content (AvgIpc) is 3.01. The summed E-state index contributed by atoms with van der Waals surface area (Å²) in [4.78, 5) is 23.6. The molecule has 0 aliphatic carbocycles. The predicted molar refractivity (Wildman–Crippen MR) is 84.8 cm³/mol. The van der Waals surface area contributed by atoms with Gasteiger partial charge in [-0.2, -0.15) is 0 Å². The number of carbonyl (C=O) groups excluding carboxylic acids is 2. The number of Topliss-reactive ketones (excluding diaryl/α,β-unsaturated/α-hetero) is 1. The quantitative estimate of drug-likeness (QED) is 0.804. The van der Waals surface area contributed by atoms with E-state index in [4.69, 9.17) is 4.42 Å². The van der Waals surface area contributed by atoms with E-state index in [0.717, 1.165) is 5.76 Å². The van der Waals surface area contributed by atoms with Crippen molar-refractivity contribution in [2.75, 3.05) is 5.32 Å². The largest absolute Gasteiger partial charge is 0.468 e. The molecule has 1 aromatic carbocycles. The first-order chi connectivity index (χ1) is 10.5. The summed E-state index contributed by atoms with van der Waals surface area (Å²) in [5, 5.41) is 5.97. The number of rotatable bonds is 6. The number of carbonyl (C=O) groups is 2. The lowest BCUT2D eigenvalue weighted by Gasteiger charge is -2.18. The summed E-state index contributed by atoms with van der Waals surface area (Å²) in [5.41, 5.74) is 1.18. The molecule has 116 valence electrons. The number of furan rings is 1. The zero-order chi connectivity index (χ0) is 16.1. The van der Waals surface area contributed by atoms with Crippen molar-refractivity contribution in [2.24, 2.45) is 0 Å². The van der Waals surface area contributed by atoms with Gasteiger partial charge in [0.25, 0.3) is 0 Å². The maximum atomic E-state index is 12.2. The lowest BCUT2D eigenvalue weighted by molar-refractivity contribution is -0.118. The number of ketones is 1. The Balaban J connectivity index is 1.96. The molecule has 2 atom stereocenters. The van der Waals surface area contributed by atoms with Crippen LogP contribution < -0.4 is 10.6 Å². The Morgan fingerprint density at radius 1 is 1.14 bits per heavy atom. The van der Waals surface area contributed by atoms with Crippen molar-refractivity contribution < 1.29 is 14.0 Å². The van der Waals surface area contributed by atoms with Gasteiger partial charge in [-0.3, -0.25) is 14.9 Å². The Morgan fingerprint density at radius 2 is 1.91 bits per heavy atom. The maximum absolute atomic E-state index is 12.2. The number of hydrogen-bond acceptors (Lipinski definition) is 4. The van der Waals surface area contributed by atoms with Gasteiger partial charge in [0.15, 0.2) is 5.78 Å². The molecule has 0 spiro atoms. The standard InChI is InChI=1S/C17H20N2O3/c1-11(16-8-5-9-22-16)18-12(2)17(21)19-15-7-4-6-14(10-15)13(3)20/h4-12,18H,1-3H3,(H,19,21)/t11-,12-/m1/s1. The molecule has 0 aliphatic heterocycles. The normalized spacial score (nSPS) is 13.4. The highest BCUT2D eigenvalue weighted by atomic mass is 16.3. The van der Waals surface area contributed by atoms with Gasteiger partial charge in [0.2, 0.25) is 5.91 Å². The topological polar surface area (TPSA) is 71.3 Å². The van der Waals surface area contributed by atoms with E-state index in [1.165, 1.54) is 6.92 Å². The van der Waals surface area contributed by atoms with Gasteiger partial charge in [0.1, 0.15) is 5.76 Å². The number of hydrogen-bond donors (Lipinski definition) is 2. The highest BCUT2D eigenvalue weighted by molar-refractivity contribution is 5.98. The maximum Gasteiger partial charge on any atom is 0.241 e. The minimum Gasteiger partial charge on any atom is -0.468 e. The Bertz CT molecular complexity index is 650. The second-order valence-electron chi connectivity index (χ2n) is 5.25. The van der Waals surface area contributed by atoms with Gasteiger partial charge >= 0.3 is 0 Å². The fraction of sp³-hybridized carbons (Fsp3) is 0.294. The van der Waals surface area contributed by atoms with Gasteiger partial charge in [0, 0.05) is 11.3 Å². The molecule has 22 heavy (non-hydrogen) atoms. The van der Waals surface area contributed by atoms with E-state index in [-0.39, 0.29) is 17.7 Å². The molecule has 2 aromatic rings. The van der Waals surface area contributed by atoms with Gasteiger partial charge in [-0.25, -0.2) is 0 Å². The van der Waals surface area contributed by atoms with Crippen LogP contribution in [-0.4, -0.2) is 17.7 Å². The molecule has 5 nitrogen and oxygen atoms in total. The van der Waals surface area contributed by atoms with E-state index in [9.17, 15) is 9.59 Å². The van der Waals surface area contributed by atoms with Crippen molar-refractivity contribution in [1.82, 2.24) is 5.32 Å². The van der Waals surface area contributed by atoms with E-state index in [0.29, 0.717) is 11.3 Å². The summed E-state index contributed by atoms with van der Waals surface area (Å²) < 4.78 is 5.30. The zero-order valence-electron chi connectivity index (χ0n) is 12.9. The van der Waals surface area contributed by atoms with E-state index < -0.39 is 6.04 Å². The molecule has 0 radical (unpaired) electrons. The van der Waals surface area contributed by atoms with Crippen LogP contribution in [0.15, 0.2) is 47.1 Å². The Kier molecular flexibility index (Phi) is 5.12. The molecule has 0 saturated heterocycles. The van der Waals surface area contributed by atoms with Gasteiger partial charge in [-0.1, -0.05) is 12.1 Å². The summed E-state index contributed by atoms with van der Waals surface area (Å²) in [6.07, 6.45) is 1.60. The molecule has 2 rings (SSSR count). The minimum atomic E-state index is -0.402. The summed E-state index contributed by atoms with van der Waals surface area (Å²) in [6.45, 7) is 5.21. The van der Waals surface area contributed by atoms with Crippen molar-refractivity contribution in [3.63, 3.8) is 0 Å². The van der Waals surface area contributed by atoms with Crippen LogP contribution in [0.2, 0.25) is 0 Å². The number of benzene rings is 1. The molecule has 0 aliphatic rings.